The van der Waals surface area contributed by atoms with Crippen molar-refractivity contribution in [2.24, 2.45) is 5.92 Å². The molecule has 1 fully saturated rings. The van der Waals surface area contributed by atoms with Crippen LogP contribution in [0.5, 0.6) is 5.75 Å². The second-order valence-corrected chi connectivity index (χ2v) is 5.99. The van der Waals surface area contributed by atoms with Crippen LogP contribution in [0.2, 0.25) is 0 Å². The van der Waals surface area contributed by atoms with Gasteiger partial charge in [0.15, 0.2) is 0 Å². The van der Waals surface area contributed by atoms with Gasteiger partial charge in [-0.1, -0.05) is 6.07 Å². The molecule has 1 aromatic rings. The standard InChI is InChI=1S/C14H19NO2S/c1-10-2-3-12(8-13(10)16)14(17)15-9-11-4-6-18-7-5-11/h2-3,8,11,16H,4-7,9H2,1H3,(H,15,17). The van der Waals surface area contributed by atoms with Gasteiger partial charge in [0, 0.05) is 12.1 Å². The smallest absolute Gasteiger partial charge is 0.251 e. The summed E-state index contributed by atoms with van der Waals surface area (Å²) in [5.41, 5.74) is 1.32. The highest BCUT2D eigenvalue weighted by atomic mass is 32.2. The number of carbonyl (C=O) groups excluding carboxylic acids is 1. The van der Waals surface area contributed by atoms with E-state index < -0.39 is 0 Å². The topological polar surface area (TPSA) is 49.3 Å². The molecule has 0 spiro atoms. The average Bonchev–Trinajstić information content (AvgIpc) is 2.40. The quantitative estimate of drug-likeness (QED) is 0.883. The van der Waals surface area contributed by atoms with Gasteiger partial charge in [-0.25, -0.2) is 0 Å². The molecule has 1 aromatic carbocycles. The van der Waals surface area contributed by atoms with E-state index in [0.29, 0.717) is 11.5 Å². The first kappa shape index (κ1) is 13.3. The summed E-state index contributed by atoms with van der Waals surface area (Å²) in [5.74, 6) is 3.09. The molecule has 4 heteroatoms. The first-order valence-corrected chi connectivity index (χ1v) is 7.48. The van der Waals surface area contributed by atoms with Crippen LogP contribution in [0.3, 0.4) is 0 Å². The molecule has 0 aliphatic carbocycles. The van der Waals surface area contributed by atoms with Crippen molar-refractivity contribution in [3.63, 3.8) is 0 Å². The monoisotopic (exact) mass is 265 g/mol. The number of hydrogen-bond acceptors (Lipinski definition) is 3. The first-order valence-electron chi connectivity index (χ1n) is 6.32. The molecule has 1 amide bonds. The van der Waals surface area contributed by atoms with E-state index in [1.807, 2.05) is 18.7 Å². The molecule has 3 nitrogen and oxygen atoms in total. The van der Waals surface area contributed by atoms with Crippen molar-refractivity contribution in [1.29, 1.82) is 0 Å². The van der Waals surface area contributed by atoms with E-state index in [9.17, 15) is 9.90 Å². The van der Waals surface area contributed by atoms with Crippen molar-refractivity contribution in [3.8, 4) is 5.75 Å². The summed E-state index contributed by atoms with van der Waals surface area (Å²) in [7, 11) is 0. The van der Waals surface area contributed by atoms with E-state index in [0.717, 1.165) is 12.1 Å². The zero-order valence-electron chi connectivity index (χ0n) is 10.6. The lowest BCUT2D eigenvalue weighted by molar-refractivity contribution is 0.0946. The minimum absolute atomic E-state index is 0.0940. The van der Waals surface area contributed by atoms with Crippen molar-refractivity contribution < 1.29 is 9.90 Å². The third kappa shape index (κ3) is 3.42. The number of rotatable bonds is 3. The van der Waals surface area contributed by atoms with Gasteiger partial charge in [0.05, 0.1) is 0 Å². The van der Waals surface area contributed by atoms with E-state index in [1.165, 1.54) is 30.4 Å². The molecule has 0 atom stereocenters. The Morgan fingerprint density at radius 1 is 1.44 bits per heavy atom. The fourth-order valence-corrected chi connectivity index (χ4v) is 3.24. The number of thioether (sulfide) groups is 1. The number of carbonyl (C=O) groups is 1. The Hall–Kier alpha value is -1.16. The fourth-order valence-electron chi connectivity index (χ4n) is 2.04. The number of benzene rings is 1. The van der Waals surface area contributed by atoms with Gasteiger partial charge >= 0.3 is 0 Å². The zero-order valence-corrected chi connectivity index (χ0v) is 11.4. The van der Waals surface area contributed by atoms with Crippen LogP contribution >= 0.6 is 11.8 Å². The lowest BCUT2D eigenvalue weighted by Crippen LogP contribution is -2.30. The van der Waals surface area contributed by atoms with Gasteiger partial charge in [-0.2, -0.15) is 11.8 Å². The number of aromatic hydroxyl groups is 1. The summed E-state index contributed by atoms with van der Waals surface area (Å²) >= 11 is 1.99. The third-order valence-electron chi connectivity index (χ3n) is 3.36. The Kier molecular flexibility index (Phi) is 4.53. The highest BCUT2D eigenvalue weighted by molar-refractivity contribution is 7.99. The Bertz CT molecular complexity index is 428. The average molecular weight is 265 g/mol. The molecule has 0 saturated carbocycles. The van der Waals surface area contributed by atoms with Gasteiger partial charge in [0.2, 0.25) is 0 Å². The molecule has 1 heterocycles. The Morgan fingerprint density at radius 3 is 2.83 bits per heavy atom. The number of amides is 1. The minimum atomic E-state index is -0.0940. The van der Waals surface area contributed by atoms with Crippen LogP contribution in [0.1, 0.15) is 28.8 Å². The predicted molar refractivity (Wildman–Crippen MR) is 75.2 cm³/mol. The van der Waals surface area contributed by atoms with E-state index in [-0.39, 0.29) is 11.7 Å². The van der Waals surface area contributed by atoms with Crippen LogP contribution in [-0.2, 0) is 0 Å². The van der Waals surface area contributed by atoms with Crippen LogP contribution in [0.4, 0.5) is 0 Å². The van der Waals surface area contributed by atoms with Gasteiger partial charge in [-0.15, -0.1) is 0 Å². The largest absolute Gasteiger partial charge is 0.508 e. The molecule has 2 N–H and O–H groups in total. The lowest BCUT2D eigenvalue weighted by atomic mass is 10.0. The Morgan fingerprint density at radius 2 is 2.17 bits per heavy atom. The Labute approximate surface area is 112 Å². The Balaban J connectivity index is 1.88. The normalized spacial score (nSPS) is 16.5. The van der Waals surface area contributed by atoms with Gasteiger partial charge in [-0.05, 0) is 54.9 Å². The molecule has 2 rings (SSSR count). The highest BCUT2D eigenvalue weighted by Gasteiger charge is 2.15. The maximum atomic E-state index is 11.9. The summed E-state index contributed by atoms with van der Waals surface area (Å²) in [6.45, 7) is 2.56. The van der Waals surface area contributed by atoms with Gasteiger partial charge in [-0.3, -0.25) is 4.79 Å². The third-order valence-corrected chi connectivity index (χ3v) is 4.41. The second kappa shape index (κ2) is 6.14. The second-order valence-electron chi connectivity index (χ2n) is 4.77. The van der Waals surface area contributed by atoms with Crippen molar-refractivity contribution in [1.82, 2.24) is 5.32 Å². The number of nitrogens with one attached hydrogen (secondary N) is 1. The fraction of sp³-hybridized carbons (Fsp3) is 0.500. The molecule has 0 radical (unpaired) electrons. The van der Waals surface area contributed by atoms with E-state index in [1.54, 1.807) is 12.1 Å². The van der Waals surface area contributed by atoms with Crippen LogP contribution in [0.15, 0.2) is 18.2 Å². The van der Waals surface area contributed by atoms with E-state index in [2.05, 4.69) is 5.32 Å². The molecule has 0 unspecified atom stereocenters. The van der Waals surface area contributed by atoms with E-state index in [4.69, 9.17) is 0 Å². The molecule has 1 aliphatic rings. The molecule has 1 aliphatic heterocycles. The van der Waals surface area contributed by atoms with Crippen molar-refractivity contribution in [2.45, 2.75) is 19.8 Å². The minimum Gasteiger partial charge on any atom is -0.508 e. The van der Waals surface area contributed by atoms with Crippen LogP contribution in [0.25, 0.3) is 0 Å². The van der Waals surface area contributed by atoms with E-state index >= 15 is 0 Å². The summed E-state index contributed by atoms with van der Waals surface area (Å²) in [6.07, 6.45) is 2.37. The SMILES string of the molecule is Cc1ccc(C(=O)NCC2CCSCC2)cc1O. The van der Waals surface area contributed by atoms with Crippen molar-refractivity contribution >= 4 is 17.7 Å². The number of phenolic OH excluding ortho intramolecular Hbond substituents is 1. The lowest BCUT2D eigenvalue weighted by Gasteiger charge is -2.21. The summed E-state index contributed by atoms with van der Waals surface area (Å²) in [6, 6.07) is 5.05. The molecule has 0 aromatic heterocycles. The van der Waals surface area contributed by atoms with Crippen LogP contribution in [-0.4, -0.2) is 29.1 Å². The maximum absolute atomic E-state index is 11.9. The molecule has 1 saturated heterocycles. The van der Waals surface area contributed by atoms with Crippen LogP contribution < -0.4 is 5.32 Å². The molecule has 0 bridgehead atoms. The first-order chi connectivity index (χ1) is 8.66. The molecular formula is C14H19NO2S. The zero-order chi connectivity index (χ0) is 13.0. The highest BCUT2D eigenvalue weighted by Crippen LogP contribution is 2.22. The van der Waals surface area contributed by atoms with Crippen molar-refractivity contribution in [3.05, 3.63) is 29.3 Å². The molecular weight excluding hydrogens is 246 g/mol. The summed E-state index contributed by atoms with van der Waals surface area (Å²) < 4.78 is 0. The molecule has 98 valence electrons. The van der Waals surface area contributed by atoms with Crippen LogP contribution in [0, 0.1) is 12.8 Å². The van der Waals surface area contributed by atoms with Crippen molar-refractivity contribution in [2.75, 3.05) is 18.1 Å². The number of hydrogen-bond donors (Lipinski definition) is 2. The van der Waals surface area contributed by atoms with Gasteiger partial charge in [0.25, 0.3) is 5.91 Å². The summed E-state index contributed by atoms with van der Waals surface area (Å²) in [4.78, 5) is 11.9. The number of aryl methyl sites for hydroxylation is 1. The maximum Gasteiger partial charge on any atom is 0.251 e. The van der Waals surface area contributed by atoms with Gasteiger partial charge in [0.1, 0.15) is 5.75 Å². The molecule has 18 heavy (non-hydrogen) atoms. The summed E-state index contributed by atoms with van der Waals surface area (Å²) in [5, 5.41) is 12.5. The van der Waals surface area contributed by atoms with Gasteiger partial charge < -0.3 is 10.4 Å². The number of phenols is 1. The predicted octanol–water partition coefficient (Wildman–Crippen LogP) is 2.57.